The minimum atomic E-state index is -0.338. The molecule has 152 valence electrons. The zero-order valence-corrected chi connectivity index (χ0v) is 16.4. The van der Waals surface area contributed by atoms with Crippen molar-refractivity contribution < 1.29 is 23.1 Å². The number of carbonyl (C=O) groups is 2. The first kappa shape index (κ1) is 21.4. The van der Waals surface area contributed by atoms with Crippen LogP contribution in [0.15, 0.2) is 47.1 Å². The van der Waals surface area contributed by atoms with Gasteiger partial charge in [0.2, 0.25) is 5.91 Å². The van der Waals surface area contributed by atoms with Crippen LogP contribution >= 0.6 is 0 Å². The monoisotopic (exact) mass is 391 g/mol. The van der Waals surface area contributed by atoms with Crippen molar-refractivity contribution in [3.05, 3.63) is 59.8 Å². The van der Waals surface area contributed by atoms with Crippen molar-refractivity contribution >= 4 is 11.9 Å². The molecule has 3 amide bonds. The van der Waals surface area contributed by atoms with Crippen molar-refractivity contribution in [2.45, 2.75) is 13.1 Å². The van der Waals surface area contributed by atoms with Gasteiger partial charge in [-0.1, -0.05) is 12.1 Å². The van der Waals surface area contributed by atoms with Gasteiger partial charge in [0.15, 0.2) is 0 Å². The number of amides is 3. The molecule has 0 N–H and O–H groups in total. The van der Waals surface area contributed by atoms with Crippen LogP contribution in [0.5, 0.6) is 0 Å². The Hall–Kier alpha value is -2.87. The van der Waals surface area contributed by atoms with Gasteiger partial charge < -0.3 is 23.9 Å². The highest BCUT2D eigenvalue weighted by molar-refractivity contribution is 5.84. The summed E-state index contributed by atoms with van der Waals surface area (Å²) in [6.07, 6.45) is 1.54. The van der Waals surface area contributed by atoms with Gasteiger partial charge in [0.25, 0.3) is 0 Å². The molecular weight excluding hydrogens is 365 g/mol. The number of carbonyl (C=O) groups excluding carboxylic acids is 2. The van der Waals surface area contributed by atoms with E-state index in [1.807, 2.05) is 0 Å². The number of furan rings is 1. The molecule has 0 aliphatic heterocycles. The van der Waals surface area contributed by atoms with Gasteiger partial charge in [0.1, 0.15) is 18.1 Å². The first-order valence-electron chi connectivity index (χ1n) is 8.90. The number of rotatable bonds is 9. The third-order valence-electron chi connectivity index (χ3n) is 4.11. The molecule has 7 nitrogen and oxygen atoms in total. The van der Waals surface area contributed by atoms with E-state index in [4.69, 9.17) is 9.15 Å². The molecule has 0 atom stereocenters. The Kier molecular flexibility index (Phi) is 8.01. The van der Waals surface area contributed by atoms with E-state index < -0.39 is 0 Å². The van der Waals surface area contributed by atoms with Gasteiger partial charge in [-0.2, -0.15) is 0 Å². The normalized spacial score (nSPS) is 10.6. The summed E-state index contributed by atoms with van der Waals surface area (Å²) in [5, 5.41) is 0. The second-order valence-corrected chi connectivity index (χ2v) is 6.55. The van der Waals surface area contributed by atoms with Crippen LogP contribution in [0.1, 0.15) is 11.3 Å². The first-order valence-corrected chi connectivity index (χ1v) is 8.90. The average molecular weight is 391 g/mol. The van der Waals surface area contributed by atoms with E-state index in [0.717, 1.165) is 5.56 Å². The molecule has 1 aromatic carbocycles. The van der Waals surface area contributed by atoms with Gasteiger partial charge in [0, 0.05) is 34.3 Å². The second-order valence-electron chi connectivity index (χ2n) is 6.55. The summed E-state index contributed by atoms with van der Waals surface area (Å²) in [7, 11) is 4.80. The standard InChI is InChI=1S/C20H26FN3O4/c1-22(2)20(26)23(10-12-27-3)15-19(25)24(14-18-5-4-11-28-18)13-16-6-8-17(21)9-7-16/h4-9,11H,10,12-15H2,1-3H3. The van der Waals surface area contributed by atoms with Crippen molar-refractivity contribution in [1.29, 1.82) is 0 Å². The molecule has 8 heteroatoms. The third-order valence-corrected chi connectivity index (χ3v) is 4.11. The minimum Gasteiger partial charge on any atom is -0.467 e. The lowest BCUT2D eigenvalue weighted by molar-refractivity contribution is -0.133. The molecule has 1 aromatic heterocycles. The molecule has 0 saturated carbocycles. The van der Waals surface area contributed by atoms with Gasteiger partial charge in [-0.3, -0.25) is 4.79 Å². The lowest BCUT2D eigenvalue weighted by atomic mass is 10.2. The number of methoxy groups -OCH3 is 1. The zero-order valence-electron chi connectivity index (χ0n) is 16.4. The molecular formula is C20H26FN3O4. The lowest BCUT2D eigenvalue weighted by Crippen LogP contribution is -2.47. The van der Waals surface area contributed by atoms with Crippen molar-refractivity contribution in [3.8, 4) is 0 Å². The van der Waals surface area contributed by atoms with Gasteiger partial charge >= 0.3 is 6.03 Å². The molecule has 0 unspecified atom stereocenters. The summed E-state index contributed by atoms with van der Waals surface area (Å²) in [5.74, 6) is 0.0415. The summed E-state index contributed by atoms with van der Waals surface area (Å²) in [6.45, 7) is 1.04. The summed E-state index contributed by atoms with van der Waals surface area (Å²) < 4.78 is 23.6. The lowest BCUT2D eigenvalue weighted by Gasteiger charge is -2.29. The molecule has 1 heterocycles. The van der Waals surface area contributed by atoms with E-state index in [-0.39, 0.29) is 37.4 Å². The van der Waals surface area contributed by atoms with Crippen LogP contribution in [0, 0.1) is 5.82 Å². The molecule has 0 radical (unpaired) electrons. The molecule has 28 heavy (non-hydrogen) atoms. The van der Waals surface area contributed by atoms with Crippen LogP contribution < -0.4 is 0 Å². The van der Waals surface area contributed by atoms with Crippen LogP contribution in [0.25, 0.3) is 0 Å². The van der Waals surface area contributed by atoms with Crippen LogP contribution in [0.2, 0.25) is 0 Å². The third kappa shape index (κ3) is 6.38. The topological polar surface area (TPSA) is 66.2 Å². The Bertz CT molecular complexity index is 747. The Morgan fingerprint density at radius 1 is 1.07 bits per heavy atom. The highest BCUT2D eigenvalue weighted by Crippen LogP contribution is 2.13. The van der Waals surface area contributed by atoms with Crippen molar-refractivity contribution in [2.24, 2.45) is 0 Å². The predicted molar refractivity (Wildman–Crippen MR) is 102 cm³/mol. The van der Waals surface area contributed by atoms with E-state index in [1.165, 1.54) is 35.3 Å². The fourth-order valence-corrected chi connectivity index (χ4v) is 2.62. The van der Waals surface area contributed by atoms with Crippen LogP contribution in [0.4, 0.5) is 9.18 Å². The average Bonchev–Trinajstić information content (AvgIpc) is 3.18. The Morgan fingerprint density at radius 2 is 1.79 bits per heavy atom. The van der Waals surface area contributed by atoms with E-state index in [0.29, 0.717) is 18.9 Å². The quantitative estimate of drug-likeness (QED) is 0.659. The molecule has 2 rings (SSSR count). The fourth-order valence-electron chi connectivity index (χ4n) is 2.62. The summed E-state index contributed by atoms with van der Waals surface area (Å²) in [4.78, 5) is 29.8. The molecule has 0 fully saturated rings. The van der Waals surface area contributed by atoms with E-state index >= 15 is 0 Å². The van der Waals surface area contributed by atoms with Gasteiger partial charge in [-0.15, -0.1) is 0 Å². The molecule has 2 aromatic rings. The second kappa shape index (κ2) is 10.5. The maximum atomic E-state index is 13.2. The predicted octanol–water partition coefficient (Wildman–Crippen LogP) is 2.58. The first-order chi connectivity index (χ1) is 13.4. The number of hydrogen-bond acceptors (Lipinski definition) is 4. The number of hydrogen-bond donors (Lipinski definition) is 0. The van der Waals surface area contributed by atoms with Crippen LogP contribution in [-0.2, 0) is 22.6 Å². The molecule has 0 aliphatic carbocycles. The molecule has 0 spiro atoms. The van der Waals surface area contributed by atoms with E-state index in [1.54, 1.807) is 43.3 Å². The van der Waals surface area contributed by atoms with Crippen LogP contribution in [0.3, 0.4) is 0 Å². The van der Waals surface area contributed by atoms with Crippen molar-refractivity contribution in [2.75, 3.05) is 40.9 Å². The molecule has 0 aliphatic rings. The Morgan fingerprint density at radius 3 is 2.36 bits per heavy atom. The Balaban J connectivity index is 2.15. The van der Waals surface area contributed by atoms with Gasteiger partial charge in [-0.25, -0.2) is 9.18 Å². The largest absolute Gasteiger partial charge is 0.467 e. The highest BCUT2D eigenvalue weighted by atomic mass is 19.1. The van der Waals surface area contributed by atoms with Gasteiger partial charge in [0.05, 0.1) is 19.4 Å². The zero-order chi connectivity index (χ0) is 20.5. The van der Waals surface area contributed by atoms with Crippen LogP contribution in [-0.4, -0.2) is 67.5 Å². The Labute approximate surface area is 164 Å². The van der Waals surface area contributed by atoms with E-state index in [9.17, 15) is 14.0 Å². The van der Waals surface area contributed by atoms with Crippen molar-refractivity contribution in [3.63, 3.8) is 0 Å². The fraction of sp³-hybridized carbons (Fsp3) is 0.400. The summed E-state index contributed by atoms with van der Waals surface area (Å²) >= 11 is 0. The number of urea groups is 1. The van der Waals surface area contributed by atoms with Crippen molar-refractivity contribution in [1.82, 2.24) is 14.7 Å². The number of ether oxygens (including phenoxy) is 1. The summed E-state index contributed by atoms with van der Waals surface area (Å²) in [5.41, 5.74) is 0.781. The van der Waals surface area contributed by atoms with E-state index in [2.05, 4.69) is 0 Å². The minimum absolute atomic E-state index is 0.0950. The van der Waals surface area contributed by atoms with Gasteiger partial charge in [-0.05, 0) is 29.8 Å². The maximum absolute atomic E-state index is 13.2. The molecule has 0 bridgehead atoms. The molecule has 0 saturated heterocycles. The highest BCUT2D eigenvalue weighted by Gasteiger charge is 2.23. The maximum Gasteiger partial charge on any atom is 0.320 e. The smallest absolute Gasteiger partial charge is 0.320 e. The summed E-state index contributed by atoms with van der Waals surface area (Å²) in [6, 6.07) is 9.22. The number of benzene rings is 1. The number of halogens is 1. The SMILES string of the molecule is COCCN(CC(=O)N(Cc1ccc(F)cc1)Cc1ccco1)C(=O)N(C)C. The number of nitrogens with zero attached hydrogens (tertiary/aromatic N) is 3.